The minimum atomic E-state index is 0.501. The lowest BCUT2D eigenvalue weighted by atomic mass is 10.1. The van der Waals surface area contributed by atoms with Gasteiger partial charge in [0.05, 0.1) is 22.5 Å². The van der Waals surface area contributed by atoms with Gasteiger partial charge in [-0.2, -0.15) is 0 Å². The van der Waals surface area contributed by atoms with Gasteiger partial charge in [0.2, 0.25) is 0 Å². The van der Waals surface area contributed by atoms with E-state index in [0.29, 0.717) is 11.6 Å². The normalized spacial score (nSPS) is 16.7. The first-order valence-corrected chi connectivity index (χ1v) is 8.28. The molecule has 5 nitrogen and oxygen atoms in total. The fraction of sp³-hybridized carbons (Fsp3) is 0.118. The Bertz CT molecular complexity index is 896. The smallest absolute Gasteiger partial charge is 0.184 e. The molecule has 114 valence electrons. The minimum Gasteiger partial charge on any atom is -0.289 e. The molecule has 2 aromatic carbocycles. The number of hydrogen-bond donors (Lipinski definition) is 2. The monoisotopic (exact) mass is 321 g/mol. The molecule has 0 unspecified atom stereocenters. The Morgan fingerprint density at radius 3 is 2.30 bits per heavy atom. The fourth-order valence-electron chi connectivity index (χ4n) is 2.73. The topological polar surface area (TPSA) is 64.4 Å². The van der Waals surface area contributed by atoms with Crippen LogP contribution in [0, 0.1) is 5.41 Å². The highest BCUT2D eigenvalue weighted by Crippen LogP contribution is 2.32. The van der Waals surface area contributed by atoms with E-state index in [1.165, 1.54) is 0 Å². The summed E-state index contributed by atoms with van der Waals surface area (Å²) in [6, 6.07) is 16.1. The van der Waals surface area contributed by atoms with Gasteiger partial charge in [-0.1, -0.05) is 48.2 Å². The van der Waals surface area contributed by atoms with Crippen LogP contribution in [-0.4, -0.2) is 33.8 Å². The summed E-state index contributed by atoms with van der Waals surface area (Å²) in [6.45, 7) is 0. The zero-order valence-electron chi connectivity index (χ0n) is 12.6. The molecule has 0 amide bonds. The molecule has 3 aromatic rings. The van der Waals surface area contributed by atoms with Crippen LogP contribution in [0.5, 0.6) is 0 Å². The van der Waals surface area contributed by atoms with Crippen molar-refractivity contribution in [2.24, 2.45) is 4.99 Å². The van der Waals surface area contributed by atoms with Crippen LogP contribution < -0.4 is 5.43 Å². The van der Waals surface area contributed by atoms with Gasteiger partial charge in [0, 0.05) is 17.8 Å². The van der Waals surface area contributed by atoms with Crippen LogP contribution in [0.3, 0.4) is 0 Å². The Labute approximate surface area is 137 Å². The molecule has 0 aliphatic carbocycles. The maximum absolute atomic E-state index is 8.15. The lowest BCUT2D eigenvalue weighted by Crippen LogP contribution is -2.34. The highest BCUT2D eigenvalue weighted by molar-refractivity contribution is 8.15. The summed E-state index contributed by atoms with van der Waals surface area (Å²) in [5.74, 6) is 1.13. The molecular weight excluding hydrogens is 306 g/mol. The summed E-state index contributed by atoms with van der Waals surface area (Å²) in [6.07, 6.45) is 0. The van der Waals surface area contributed by atoms with Gasteiger partial charge in [0.1, 0.15) is 5.84 Å². The third kappa shape index (κ3) is 2.31. The van der Waals surface area contributed by atoms with Gasteiger partial charge in [-0.3, -0.25) is 15.8 Å². The largest absolute Gasteiger partial charge is 0.289 e. The van der Waals surface area contributed by atoms with E-state index in [2.05, 4.69) is 10.4 Å². The average Bonchev–Trinajstić information content (AvgIpc) is 2.94. The molecule has 2 heterocycles. The number of para-hydroxylation sites is 2. The standard InChI is InChI=1S/C17H15N5S/c1-19-17-22(15(18)10-23-17)21-16-11-6-2-4-8-13(11)20-14-9-5-3-7-12(14)16/h2-9,18H,10H2,1H3,(H,20,21). The van der Waals surface area contributed by atoms with Crippen molar-refractivity contribution in [2.45, 2.75) is 0 Å². The van der Waals surface area contributed by atoms with E-state index in [9.17, 15) is 0 Å². The van der Waals surface area contributed by atoms with Crippen molar-refractivity contribution in [3.8, 4) is 0 Å². The third-order valence-corrected chi connectivity index (χ3v) is 4.84. The molecule has 0 radical (unpaired) electrons. The Hall–Kier alpha value is -2.60. The second kappa shape index (κ2) is 5.55. The van der Waals surface area contributed by atoms with Gasteiger partial charge < -0.3 is 0 Å². The number of nitrogens with one attached hydrogen (secondary N) is 2. The van der Waals surface area contributed by atoms with Crippen LogP contribution in [0.25, 0.3) is 21.8 Å². The van der Waals surface area contributed by atoms with Crippen LogP contribution in [0.2, 0.25) is 0 Å². The average molecular weight is 321 g/mol. The number of aromatic nitrogens is 1. The number of fused-ring (bicyclic) bond motifs is 2. The number of pyridine rings is 1. The van der Waals surface area contributed by atoms with Gasteiger partial charge in [-0.05, 0) is 12.1 Å². The molecule has 4 rings (SSSR count). The van der Waals surface area contributed by atoms with Gasteiger partial charge in [0.25, 0.3) is 0 Å². The molecular formula is C17H15N5S. The van der Waals surface area contributed by atoms with E-state index in [-0.39, 0.29) is 0 Å². The minimum absolute atomic E-state index is 0.501. The highest BCUT2D eigenvalue weighted by atomic mass is 32.2. The maximum atomic E-state index is 8.15. The quantitative estimate of drug-likeness (QED) is 0.706. The zero-order chi connectivity index (χ0) is 15.8. The van der Waals surface area contributed by atoms with Crippen LogP contribution in [0.15, 0.2) is 53.5 Å². The van der Waals surface area contributed by atoms with Crippen LogP contribution in [-0.2, 0) is 0 Å². The number of rotatable bonds is 2. The van der Waals surface area contributed by atoms with E-state index >= 15 is 0 Å². The molecule has 1 aromatic heterocycles. The molecule has 1 fully saturated rings. The fourth-order valence-corrected chi connectivity index (χ4v) is 3.54. The molecule has 1 aliphatic heterocycles. The second-order valence-corrected chi connectivity index (χ2v) is 6.15. The van der Waals surface area contributed by atoms with Crippen LogP contribution in [0.4, 0.5) is 5.69 Å². The predicted molar refractivity (Wildman–Crippen MR) is 98.3 cm³/mol. The Kier molecular flexibility index (Phi) is 3.38. The van der Waals surface area contributed by atoms with Gasteiger partial charge in [-0.25, -0.2) is 9.99 Å². The lowest BCUT2D eigenvalue weighted by Gasteiger charge is -2.22. The van der Waals surface area contributed by atoms with Gasteiger partial charge in [0.15, 0.2) is 5.17 Å². The molecule has 0 atom stereocenters. The molecule has 23 heavy (non-hydrogen) atoms. The zero-order valence-corrected chi connectivity index (χ0v) is 13.4. The molecule has 1 saturated heterocycles. The number of amidine groups is 2. The van der Waals surface area contributed by atoms with E-state index in [1.54, 1.807) is 23.8 Å². The van der Waals surface area contributed by atoms with E-state index in [4.69, 9.17) is 10.4 Å². The van der Waals surface area contributed by atoms with Gasteiger partial charge >= 0.3 is 0 Å². The summed E-state index contributed by atoms with van der Waals surface area (Å²) >= 11 is 1.56. The highest BCUT2D eigenvalue weighted by Gasteiger charge is 2.26. The van der Waals surface area contributed by atoms with Crippen molar-refractivity contribution in [2.75, 3.05) is 18.2 Å². The number of thioether (sulfide) groups is 1. The summed E-state index contributed by atoms with van der Waals surface area (Å²) < 4.78 is 0. The number of hydrazine groups is 1. The number of aliphatic imine (C=N–C) groups is 1. The van der Waals surface area contributed by atoms with Crippen molar-refractivity contribution in [1.82, 2.24) is 9.99 Å². The molecule has 2 N–H and O–H groups in total. The molecule has 6 heteroatoms. The Morgan fingerprint density at radius 1 is 1.09 bits per heavy atom. The van der Waals surface area contributed by atoms with Crippen molar-refractivity contribution in [3.05, 3.63) is 48.5 Å². The van der Waals surface area contributed by atoms with Crippen molar-refractivity contribution in [3.63, 3.8) is 0 Å². The first-order valence-electron chi connectivity index (χ1n) is 7.29. The van der Waals surface area contributed by atoms with E-state index in [1.807, 2.05) is 48.5 Å². The van der Waals surface area contributed by atoms with E-state index in [0.717, 1.165) is 32.7 Å². The van der Waals surface area contributed by atoms with Crippen LogP contribution in [0.1, 0.15) is 0 Å². The first kappa shape index (κ1) is 14.0. The number of anilines is 1. The molecule has 0 spiro atoms. The summed E-state index contributed by atoms with van der Waals surface area (Å²) in [5.41, 5.74) is 6.22. The second-order valence-electron chi connectivity index (χ2n) is 5.21. The summed E-state index contributed by atoms with van der Waals surface area (Å²) in [7, 11) is 1.75. The van der Waals surface area contributed by atoms with E-state index < -0.39 is 0 Å². The first-order chi connectivity index (χ1) is 11.3. The number of hydrogen-bond acceptors (Lipinski definition) is 5. The third-order valence-electron chi connectivity index (χ3n) is 3.80. The lowest BCUT2D eigenvalue weighted by molar-refractivity contribution is 0.747. The Balaban J connectivity index is 1.94. The number of benzene rings is 2. The predicted octanol–water partition coefficient (Wildman–Crippen LogP) is 3.73. The summed E-state index contributed by atoms with van der Waals surface area (Å²) in [4.78, 5) is 8.99. The van der Waals surface area contributed by atoms with Crippen LogP contribution >= 0.6 is 11.8 Å². The van der Waals surface area contributed by atoms with Crippen molar-refractivity contribution < 1.29 is 0 Å². The van der Waals surface area contributed by atoms with Crippen molar-refractivity contribution in [1.29, 1.82) is 5.41 Å². The number of nitrogens with zero attached hydrogens (tertiary/aromatic N) is 3. The molecule has 0 bridgehead atoms. The summed E-state index contributed by atoms with van der Waals surface area (Å²) in [5, 5.41) is 12.8. The van der Waals surface area contributed by atoms with Gasteiger partial charge in [-0.15, -0.1) is 0 Å². The molecule has 1 aliphatic rings. The Morgan fingerprint density at radius 2 is 1.70 bits per heavy atom. The SMILES string of the molecule is CN=C1SCC(=N)N1Nc1c2ccccc2nc2ccccc12. The van der Waals surface area contributed by atoms with Crippen molar-refractivity contribution >= 4 is 50.3 Å². The maximum Gasteiger partial charge on any atom is 0.184 e. The molecule has 0 saturated carbocycles.